The molecule has 0 heterocycles. The lowest BCUT2D eigenvalue weighted by Crippen LogP contribution is -2.40. The lowest BCUT2D eigenvalue weighted by molar-refractivity contribution is -0.384. The van der Waals surface area contributed by atoms with E-state index in [2.05, 4.69) is 10.0 Å². The molecule has 158 valence electrons. The third kappa shape index (κ3) is 7.03. The topological polar surface area (TPSA) is 111 Å². The summed E-state index contributed by atoms with van der Waals surface area (Å²) in [6.45, 7) is 6.26. The van der Waals surface area contributed by atoms with Crippen LogP contribution < -0.4 is 10.0 Å². The van der Waals surface area contributed by atoms with E-state index in [1.165, 1.54) is 31.4 Å². The van der Waals surface area contributed by atoms with Crippen LogP contribution in [0.1, 0.15) is 59.3 Å². The Bertz CT molecular complexity index is 768. The van der Waals surface area contributed by atoms with Crippen LogP contribution in [0.4, 0.5) is 11.4 Å². The van der Waals surface area contributed by atoms with E-state index in [1.807, 2.05) is 0 Å². The number of benzene rings is 1. The maximum absolute atomic E-state index is 12.4. The zero-order chi connectivity index (χ0) is 20.8. The first kappa shape index (κ1) is 22.6. The van der Waals surface area contributed by atoms with E-state index in [9.17, 15) is 18.5 Å². The number of anilines is 1. The number of nitrogens with one attached hydrogen (secondary N) is 2. The molecule has 8 nitrogen and oxygen atoms in total. The summed E-state index contributed by atoms with van der Waals surface area (Å²) in [6.07, 6.45) is 6.99. The summed E-state index contributed by atoms with van der Waals surface area (Å²) in [4.78, 5) is 10.7. The van der Waals surface area contributed by atoms with Crippen molar-refractivity contribution in [2.45, 2.75) is 75.8 Å². The fourth-order valence-electron chi connectivity index (χ4n) is 3.22. The molecule has 0 aromatic heterocycles. The van der Waals surface area contributed by atoms with Crippen LogP contribution in [0.25, 0.3) is 0 Å². The number of hydrogen-bond acceptors (Lipinski definition) is 6. The van der Waals surface area contributed by atoms with E-state index >= 15 is 0 Å². The highest BCUT2D eigenvalue weighted by molar-refractivity contribution is 7.89. The Morgan fingerprint density at radius 1 is 1.21 bits per heavy atom. The van der Waals surface area contributed by atoms with Crippen molar-refractivity contribution in [3.8, 4) is 0 Å². The van der Waals surface area contributed by atoms with Crippen molar-refractivity contribution in [2.75, 3.05) is 18.5 Å². The van der Waals surface area contributed by atoms with Crippen molar-refractivity contribution in [2.24, 2.45) is 0 Å². The van der Waals surface area contributed by atoms with Crippen LogP contribution in [-0.2, 0) is 14.8 Å². The predicted molar refractivity (Wildman–Crippen MR) is 109 cm³/mol. The Balaban J connectivity index is 1.96. The van der Waals surface area contributed by atoms with Gasteiger partial charge in [0.25, 0.3) is 5.69 Å². The fourth-order valence-corrected chi connectivity index (χ4v) is 4.66. The molecule has 1 fully saturated rings. The highest BCUT2D eigenvalue weighted by Gasteiger charge is 2.25. The molecule has 1 aliphatic carbocycles. The second-order valence-corrected chi connectivity index (χ2v) is 9.89. The molecule has 0 aliphatic heterocycles. The van der Waals surface area contributed by atoms with Crippen LogP contribution in [-0.4, -0.2) is 38.1 Å². The van der Waals surface area contributed by atoms with E-state index in [0.29, 0.717) is 24.9 Å². The Labute approximate surface area is 167 Å². The van der Waals surface area contributed by atoms with Gasteiger partial charge < -0.3 is 10.1 Å². The SMILES string of the molecule is CC(C)(C)NS(=O)(=O)c1ccc(NCCCOC2CCCCC2)c([N+](=O)[O-])c1. The number of ether oxygens (including phenoxy) is 1. The third-order valence-corrected chi connectivity index (χ3v) is 6.21. The quantitative estimate of drug-likeness (QED) is 0.362. The van der Waals surface area contributed by atoms with Crippen molar-refractivity contribution in [3.63, 3.8) is 0 Å². The first-order valence-corrected chi connectivity index (χ1v) is 11.2. The average Bonchev–Trinajstić information content (AvgIpc) is 2.60. The second-order valence-electron chi connectivity index (χ2n) is 8.20. The first-order chi connectivity index (χ1) is 13.1. The number of nitrogens with zero attached hydrogens (tertiary/aromatic N) is 1. The Morgan fingerprint density at radius 2 is 1.89 bits per heavy atom. The lowest BCUT2D eigenvalue weighted by atomic mass is 9.98. The van der Waals surface area contributed by atoms with Crippen molar-refractivity contribution in [1.82, 2.24) is 4.72 Å². The van der Waals surface area contributed by atoms with E-state index in [0.717, 1.165) is 25.3 Å². The van der Waals surface area contributed by atoms with Gasteiger partial charge in [-0.15, -0.1) is 0 Å². The number of sulfonamides is 1. The summed E-state index contributed by atoms with van der Waals surface area (Å²) in [7, 11) is -3.83. The lowest BCUT2D eigenvalue weighted by Gasteiger charge is -2.22. The summed E-state index contributed by atoms with van der Waals surface area (Å²) in [5, 5.41) is 14.4. The molecule has 1 aromatic rings. The summed E-state index contributed by atoms with van der Waals surface area (Å²) in [6, 6.07) is 3.91. The normalized spacial score (nSPS) is 16.1. The van der Waals surface area contributed by atoms with E-state index < -0.39 is 20.5 Å². The van der Waals surface area contributed by atoms with Crippen molar-refractivity contribution < 1.29 is 18.1 Å². The summed E-state index contributed by atoms with van der Waals surface area (Å²) >= 11 is 0. The summed E-state index contributed by atoms with van der Waals surface area (Å²) in [5.74, 6) is 0. The number of hydrogen-bond donors (Lipinski definition) is 2. The molecular formula is C19H31N3O5S. The number of nitro benzene ring substituents is 1. The Morgan fingerprint density at radius 3 is 2.50 bits per heavy atom. The van der Waals surface area contributed by atoms with E-state index in [-0.39, 0.29) is 10.6 Å². The molecule has 28 heavy (non-hydrogen) atoms. The summed E-state index contributed by atoms with van der Waals surface area (Å²) < 4.78 is 33.2. The molecule has 0 saturated heterocycles. The molecule has 2 N–H and O–H groups in total. The van der Waals surface area contributed by atoms with Crippen LogP contribution in [0.3, 0.4) is 0 Å². The van der Waals surface area contributed by atoms with Crippen LogP contribution in [0.15, 0.2) is 23.1 Å². The van der Waals surface area contributed by atoms with E-state index in [1.54, 1.807) is 20.8 Å². The summed E-state index contributed by atoms with van der Waals surface area (Å²) in [5.41, 5.74) is -0.634. The van der Waals surface area contributed by atoms with Crippen LogP contribution in [0.2, 0.25) is 0 Å². The maximum Gasteiger partial charge on any atom is 0.293 e. The smallest absolute Gasteiger partial charge is 0.293 e. The van der Waals surface area contributed by atoms with Crippen molar-refractivity contribution in [3.05, 3.63) is 28.3 Å². The van der Waals surface area contributed by atoms with Gasteiger partial charge in [0.1, 0.15) is 5.69 Å². The standard InChI is InChI=1S/C19H31N3O5S/c1-19(2,3)21-28(25,26)16-10-11-17(18(14-16)22(23)24)20-12-7-13-27-15-8-5-4-6-9-15/h10-11,14-15,20-21H,4-9,12-13H2,1-3H3. The molecule has 0 spiro atoms. The number of nitro groups is 1. The third-order valence-electron chi connectivity index (χ3n) is 4.46. The molecule has 0 radical (unpaired) electrons. The molecular weight excluding hydrogens is 382 g/mol. The van der Waals surface area contributed by atoms with Crippen LogP contribution >= 0.6 is 0 Å². The minimum absolute atomic E-state index is 0.125. The predicted octanol–water partition coefficient (Wildman–Crippen LogP) is 3.82. The largest absolute Gasteiger partial charge is 0.379 e. The molecule has 0 unspecified atom stereocenters. The van der Waals surface area contributed by atoms with Gasteiger partial charge in [-0.25, -0.2) is 13.1 Å². The van der Waals surface area contributed by atoms with Crippen molar-refractivity contribution >= 4 is 21.4 Å². The van der Waals surface area contributed by atoms with Crippen molar-refractivity contribution in [1.29, 1.82) is 0 Å². The molecule has 0 bridgehead atoms. The molecule has 1 aliphatic rings. The van der Waals surface area contributed by atoms with Gasteiger partial charge in [0.05, 0.1) is 15.9 Å². The average molecular weight is 414 g/mol. The number of rotatable bonds is 9. The van der Waals surface area contributed by atoms with Gasteiger partial charge in [-0.2, -0.15) is 0 Å². The highest BCUT2D eigenvalue weighted by atomic mass is 32.2. The van der Waals surface area contributed by atoms with Gasteiger partial charge in [0.15, 0.2) is 0 Å². The second kappa shape index (κ2) is 9.67. The van der Waals surface area contributed by atoms with Crippen LogP contribution in [0.5, 0.6) is 0 Å². The first-order valence-electron chi connectivity index (χ1n) is 9.76. The zero-order valence-corrected chi connectivity index (χ0v) is 17.7. The van der Waals surface area contributed by atoms with Gasteiger partial charge >= 0.3 is 0 Å². The van der Waals surface area contributed by atoms with Gasteiger partial charge in [-0.05, 0) is 52.2 Å². The maximum atomic E-state index is 12.4. The van der Waals surface area contributed by atoms with E-state index in [4.69, 9.17) is 4.74 Å². The molecule has 1 aromatic carbocycles. The zero-order valence-electron chi connectivity index (χ0n) is 16.9. The Hall–Kier alpha value is -1.71. The van der Waals surface area contributed by atoms with Crippen LogP contribution in [0, 0.1) is 10.1 Å². The minimum Gasteiger partial charge on any atom is -0.379 e. The molecule has 1 saturated carbocycles. The molecule has 0 amide bonds. The monoisotopic (exact) mass is 413 g/mol. The van der Waals surface area contributed by atoms with Gasteiger partial charge in [0.2, 0.25) is 10.0 Å². The molecule has 9 heteroatoms. The van der Waals surface area contributed by atoms with Gasteiger partial charge in [0, 0.05) is 24.8 Å². The Kier molecular flexibility index (Phi) is 7.79. The minimum atomic E-state index is -3.83. The molecule has 2 rings (SSSR count). The fraction of sp³-hybridized carbons (Fsp3) is 0.684. The van der Waals surface area contributed by atoms with Gasteiger partial charge in [-0.1, -0.05) is 19.3 Å². The molecule has 0 atom stereocenters. The highest BCUT2D eigenvalue weighted by Crippen LogP contribution is 2.28. The van der Waals surface area contributed by atoms with Gasteiger partial charge in [-0.3, -0.25) is 10.1 Å².